The summed E-state index contributed by atoms with van der Waals surface area (Å²) in [4.78, 5) is 2.68. The van der Waals surface area contributed by atoms with E-state index < -0.39 is 8.07 Å². The van der Waals surface area contributed by atoms with Crippen LogP contribution in [-0.2, 0) is 5.41 Å². The van der Waals surface area contributed by atoms with Gasteiger partial charge in [-0.25, -0.2) is 0 Å². The van der Waals surface area contributed by atoms with E-state index in [9.17, 15) is 0 Å². The van der Waals surface area contributed by atoms with Crippen LogP contribution < -0.4 is 36.6 Å². The van der Waals surface area contributed by atoms with Crippen LogP contribution in [0.15, 0.2) is 146 Å². The number of hydrogen-bond donors (Lipinski definition) is 0. The van der Waals surface area contributed by atoms with Crippen LogP contribution >= 0.6 is 0 Å². The van der Waals surface area contributed by atoms with Gasteiger partial charge in [0, 0.05) is 44.4 Å². The summed E-state index contributed by atoms with van der Waals surface area (Å²) >= 11 is 0. The van der Waals surface area contributed by atoms with Gasteiger partial charge in [0.15, 0.2) is 8.07 Å². The van der Waals surface area contributed by atoms with Crippen molar-refractivity contribution in [1.82, 2.24) is 4.48 Å². The van der Waals surface area contributed by atoms with Crippen LogP contribution in [0.2, 0.25) is 0 Å². The predicted molar refractivity (Wildman–Crippen MR) is 215 cm³/mol. The molecule has 5 heterocycles. The van der Waals surface area contributed by atoms with Crippen molar-refractivity contribution in [2.24, 2.45) is 0 Å². The average Bonchev–Trinajstić information content (AvgIpc) is 3.64. The Hall–Kier alpha value is -5.58. The van der Waals surface area contributed by atoms with E-state index in [1.54, 1.807) is 0 Å². The minimum atomic E-state index is -2.69. The van der Waals surface area contributed by atoms with E-state index in [-0.39, 0.29) is 12.3 Å². The Bertz CT molecular complexity index is 2790. The number of rotatable bonds is 0. The molecular formula is C46H33BN2Si. The van der Waals surface area contributed by atoms with Crippen LogP contribution in [0.1, 0.15) is 26.3 Å². The number of benzene rings is 7. The molecule has 0 bridgehead atoms. The third-order valence-corrected chi connectivity index (χ3v) is 17.2. The van der Waals surface area contributed by atoms with Crippen molar-refractivity contribution in [2.45, 2.75) is 26.2 Å². The van der Waals surface area contributed by atoms with Crippen LogP contribution in [-0.4, -0.2) is 19.4 Å². The van der Waals surface area contributed by atoms with Crippen molar-refractivity contribution in [3.05, 3.63) is 151 Å². The van der Waals surface area contributed by atoms with Gasteiger partial charge in [-0.05, 0) is 77.5 Å². The summed E-state index contributed by atoms with van der Waals surface area (Å²) in [6.45, 7) is 7.14. The molecule has 0 aliphatic carbocycles. The molecule has 12 rings (SSSR count). The molecule has 1 spiro atoms. The molecule has 0 N–H and O–H groups in total. The molecular weight excluding hydrogens is 619 g/mol. The minimum Gasteiger partial charge on any atom is -0.375 e. The van der Waals surface area contributed by atoms with Gasteiger partial charge in [0.2, 0.25) is 0 Å². The molecule has 7 aromatic carbocycles. The lowest BCUT2D eigenvalue weighted by molar-refractivity contribution is 0.590. The summed E-state index contributed by atoms with van der Waals surface area (Å²) in [5, 5.41) is 8.69. The van der Waals surface area contributed by atoms with Crippen molar-refractivity contribution in [3.63, 3.8) is 0 Å². The zero-order valence-electron chi connectivity index (χ0n) is 28.3. The summed E-state index contributed by atoms with van der Waals surface area (Å²) in [5.74, 6) is 0. The molecule has 0 saturated carbocycles. The molecule has 0 unspecified atom stereocenters. The van der Waals surface area contributed by atoms with Gasteiger partial charge in [0.1, 0.15) is 0 Å². The van der Waals surface area contributed by atoms with Crippen LogP contribution in [0.3, 0.4) is 0 Å². The SMILES string of the molecule is CC(C)(C)c1cc2c3c(c1)N1c4ccccc4[Si]4(c5ccccc5-c5ccccc54)c4cccc(c41)B3n1c3ccccc3c3cccc-2c31. The Morgan fingerprint density at radius 1 is 0.520 bits per heavy atom. The number of anilines is 3. The first-order chi connectivity index (χ1) is 24.5. The summed E-state index contributed by atoms with van der Waals surface area (Å²) in [7, 11) is -2.69. The quantitative estimate of drug-likeness (QED) is 0.158. The lowest BCUT2D eigenvalue weighted by Crippen LogP contribution is -2.77. The predicted octanol–water partition coefficient (Wildman–Crippen LogP) is 7.18. The van der Waals surface area contributed by atoms with Crippen LogP contribution in [0.5, 0.6) is 0 Å². The number of hydrogen-bond acceptors (Lipinski definition) is 1. The van der Waals surface area contributed by atoms with Crippen molar-refractivity contribution in [3.8, 4) is 22.3 Å². The molecule has 2 nitrogen and oxygen atoms in total. The van der Waals surface area contributed by atoms with Crippen molar-refractivity contribution >= 4 is 85.5 Å². The fourth-order valence-corrected chi connectivity index (χ4v) is 15.9. The third-order valence-electron chi connectivity index (χ3n) is 12.3. The van der Waals surface area contributed by atoms with Gasteiger partial charge >= 0.3 is 6.85 Å². The Morgan fingerprint density at radius 3 is 1.92 bits per heavy atom. The number of para-hydroxylation sites is 4. The Balaban J connectivity index is 1.31. The molecule has 0 atom stereocenters. The fourth-order valence-electron chi connectivity index (χ4n) is 10.4. The van der Waals surface area contributed by atoms with Crippen molar-refractivity contribution in [2.75, 3.05) is 4.90 Å². The van der Waals surface area contributed by atoms with Crippen molar-refractivity contribution in [1.29, 1.82) is 0 Å². The van der Waals surface area contributed by atoms with E-state index in [1.165, 1.54) is 98.4 Å². The highest BCUT2D eigenvalue weighted by Crippen LogP contribution is 2.48. The van der Waals surface area contributed by atoms with Crippen molar-refractivity contribution < 1.29 is 0 Å². The molecule has 4 heteroatoms. The zero-order chi connectivity index (χ0) is 33.1. The topological polar surface area (TPSA) is 8.17 Å². The van der Waals surface area contributed by atoms with E-state index in [0.29, 0.717) is 0 Å². The normalized spacial score (nSPS) is 15.2. The van der Waals surface area contributed by atoms with E-state index in [2.05, 4.69) is 176 Å². The average molecular weight is 653 g/mol. The Morgan fingerprint density at radius 2 is 1.14 bits per heavy atom. The maximum atomic E-state index is 2.70. The maximum Gasteiger partial charge on any atom is 0.333 e. The molecule has 0 amide bonds. The summed E-state index contributed by atoms with van der Waals surface area (Å²) in [6.07, 6.45) is 0. The van der Waals surface area contributed by atoms with Gasteiger partial charge in [-0.3, -0.25) is 0 Å². The molecule has 8 aromatic rings. The second-order valence-corrected chi connectivity index (χ2v) is 19.3. The van der Waals surface area contributed by atoms with E-state index in [0.717, 1.165) is 0 Å². The number of nitrogens with zero attached hydrogens (tertiary/aromatic N) is 2. The smallest absolute Gasteiger partial charge is 0.333 e. The number of fused-ring (bicyclic) bond motifs is 16. The first-order valence-electron chi connectivity index (χ1n) is 17.9. The lowest BCUT2D eigenvalue weighted by atomic mass is 9.45. The lowest BCUT2D eigenvalue weighted by Gasteiger charge is -2.49. The maximum absolute atomic E-state index is 2.70. The van der Waals surface area contributed by atoms with Gasteiger partial charge in [-0.15, -0.1) is 0 Å². The zero-order valence-corrected chi connectivity index (χ0v) is 29.3. The molecule has 234 valence electrons. The Kier molecular flexibility index (Phi) is 4.88. The molecule has 4 aliphatic rings. The fraction of sp³-hybridized carbons (Fsp3) is 0.0870. The molecule has 0 radical (unpaired) electrons. The standard InChI is InChI=1S/C46H33BN2Si/c1-46(2,3)28-26-34-33-18-12-17-32-29-14-4-7-20-36(29)49(44(32)33)47-35-19-13-25-42-45(35)48(38(27-28)43(34)47)37-21-8-11-24-41(37)50(42)39-22-9-5-15-30(39)31-16-6-10-23-40(31)50/h4-27H,1-3H3. The van der Waals surface area contributed by atoms with Gasteiger partial charge in [0.25, 0.3) is 0 Å². The highest BCUT2D eigenvalue weighted by atomic mass is 28.3. The van der Waals surface area contributed by atoms with Gasteiger partial charge in [-0.1, -0.05) is 148 Å². The van der Waals surface area contributed by atoms with Crippen LogP contribution in [0, 0.1) is 0 Å². The molecule has 50 heavy (non-hydrogen) atoms. The van der Waals surface area contributed by atoms with E-state index in [4.69, 9.17) is 0 Å². The molecule has 0 saturated heterocycles. The second-order valence-electron chi connectivity index (χ2n) is 15.6. The monoisotopic (exact) mass is 652 g/mol. The molecule has 4 aliphatic heterocycles. The van der Waals surface area contributed by atoms with Crippen LogP contribution in [0.25, 0.3) is 44.1 Å². The van der Waals surface area contributed by atoms with Gasteiger partial charge < -0.3 is 9.38 Å². The summed E-state index contributed by atoms with van der Waals surface area (Å²) < 4.78 is 2.70. The third kappa shape index (κ3) is 2.97. The summed E-state index contributed by atoms with van der Waals surface area (Å²) in [6, 6.07) is 56.4. The highest BCUT2D eigenvalue weighted by molar-refractivity contribution is 7.24. The molecule has 0 fully saturated rings. The number of aromatic nitrogens is 1. The second kappa shape index (κ2) is 8.95. The first kappa shape index (κ1) is 27.3. The minimum absolute atomic E-state index is 0.0204. The van der Waals surface area contributed by atoms with Gasteiger partial charge in [-0.2, -0.15) is 0 Å². The molecule has 1 aromatic heterocycles. The van der Waals surface area contributed by atoms with E-state index in [1.807, 2.05) is 0 Å². The van der Waals surface area contributed by atoms with Crippen LogP contribution in [0.4, 0.5) is 17.1 Å². The van der Waals surface area contributed by atoms with E-state index >= 15 is 0 Å². The highest BCUT2D eigenvalue weighted by Gasteiger charge is 2.56. The Labute approximate surface area is 293 Å². The van der Waals surface area contributed by atoms with Gasteiger partial charge in [0.05, 0.1) is 0 Å². The summed E-state index contributed by atoms with van der Waals surface area (Å²) in [5.41, 5.74) is 16.4. The first-order valence-corrected chi connectivity index (χ1v) is 19.9. The largest absolute Gasteiger partial charge is 0.375 e.